The highest BCUT2D eigenvalue weighted by atomic mass is 35.5. The first kappa shape index (κ1) is 21.3. The third-order valence-corrected chi connectivity index (χ3v) is 6.25. The Balaban J connectivity index is 1.66. The molecule has 33 heavy (non-hydrogen) atoms. The Hall–Kier alpha value is -3.56. The van der Waals surface area contributed by atoms with Crippen molar-refractivity contribution >= 4 is 39.7 Å². The average molecular weight is 479 g/mol. The van der Waals surface area contributed by atoms with Gasteiger partial charge in [0, 0.05) is 27.7 Å². The molecule has 4 aromatic rings. The largest absolute Gasteiger partial charge is 0.497 e. The molecule has 1 aliphatic heterocycles. The molecule has 5 rings (SSSR count). The second-order valence-corrected chi connectivity index (χ2v) is 8.74. The number of carbonyl (C=O) groups is 1. The number of rotatable bonds is 5. The van der Waals surface area contributed by atoms with Crippen molar-refractivity contribution in [2.75, 3.05) is 12.4 Å². The van der Waals surface area contributed by atoms with Gasteiger partial charge in [-0.05, 0) is 37.3 Å². The molecule has 0 unspecified atom stereocenters. The lowest BCUT2D eigenvalue weighted by Crippen LogP contribution is -2.17. The van der Waals surface area contributed by atoms with E-state index in [-0.39, 0.29) is 12.3 Å². The molecule has 3 heterocycles. The Kier molecular flexibility index (Phi) is 5.65. The maximum Gasteiger partial charge on any atom is 0.228 e. The van der Waals surface area contributed by atoms with E-state index >= 15 is 0 Å². The number of amides is 1. The lowest BCUT2D eigenvalue weighted by molar-refractivity contribution is -0.116. The maximum atomic E-state index is 12.9. The molecule has 10 heteroatoms. The predicted octanol–water partition coefficient (Wildman–Crippen LogP) is 4.62. The number of fused-ring (bicyclic) bond motifs is 3. The third kappa shape index (κ3) is 4.12. The number of methoxy groups -OCH3 is 1. The number of nitrogens with one attached hydrogen (secondary N) is 1. The Morgan fingerprint density at radius 1 is 1.21 bits per heavy atom. The smallest absolute Gasteiger partial charge is 0.228 e. The average Bonchev–Trinajstić information content (AvgIpc) is 3.43. The van der Waals surface area contributed by atoms with Crippen molar-refractivity contribution in [3.63, 3.8) is 0 Å². The monoisotopic (exact) mass is 478 g/mol. The van der Waals surface area contributed by atoms with Crippen molar-refractivity contribution in [1.82, 2.24) is 19.7 Å². The second kappa shape index (κ2) is 8.76. The number of hydrogen-bond acceptors (Lipinski definition) is 7. The fraction of sp³-hybridized carbons (Fsp3) is 0.174. The molecular formula is C23H19ClN6O2S. The number of ether oxygens (including phenoxy) is 1. The summed E-state index contributed by atoms with van der Waals surface area (Å²) in [5, 5.41) is 14.5. The molecule has 0 aliphatic carbocycles. The van der Waals surface area contributed by atoms with Crippen molar-refractivity contribution in [1.29, 1.82) is 0 Å². The molecule has 2 aromatic carbocycles. The lowest BCUT2D eigenvalue weighted by atomic mass is 10.00. The highest BCUT2D eigenvalue weighted by molar-refractivity contribution is 7.13. The van der Waals surface area contributed by atoms with E-state index < -0.39 is 6.04 Å². The quantitative estimate of drug-likeness (QED) is 0.452. The molecule has 0 saturated carbocycles. The SMILES string of the molecule is COc1ccc2c(c1)C(c1ccc(Cl)cc1)=N[C@@H](CC(=O)Nc1nccs1)c1nnc(C)n1-2. The third-order valence-electron chi connectivity index (χ3n) is 5.31. The van der Waals surface area contributed by atoms with Crippen LogP contribution < -0.4 is 10.1 Å². The Morgan fingerprint density at radius 2 is 2.03 bits per heavy atom. The van der Waals surface area contributed by atoms with Crippen LogP contribution in [0, 0.1) is 6.92 Å². The molecule has 1 aliphatic rings. The number of aliphatic imine (C=N–C) groups is 1. The molecule has 0 radical (unpaired) electrons. The van der Waals surface area contributed by atoms with Gasteiger partial charge in [0.15, 0.2) is 11.0 Å². The van der Waals surface area contributed by atoms with Crippen molar-refractivity contribution in [3.8, 4) is 11.4 Å². The van der Waals surface area contributed by atoms with Gasteiger partial charge in [0.05, 0.1) is 24.9 Å². The van der Waals surface area contributed by atoms with Crippen LogP contribution in [0.4, 0.5) is 5.13 Å². The summed E-state index contributed by atoms with van der Waals surface area (Å²) in [7, 11) is 1.62. The van der Waals surface area contributed by atoms with E-state index in [2.05, 4.69) is 20.5 Å². The van der Waals surface area contributed by atoms with E-state index in [9.17, 15) is 4.79 Å². The summed E-state index contributed by atoms with van der Waals surface area (Å²) >= 11 is 7.49. The van der Waals surface area contributed by atoms with Crippen LogP contribution in [-0.4, -0.2) is 38.5 Å². The number of aryl methyl sites for hydroxylation is 1. The number of benzene rings is 2. The van der Waals surface area contributed by atoms with Crippen LogP contribution in [0.1, 0.15) is 35.2 Å². The van der Waals surface area contributed by atoms with Gasteiger partial charge in [0.2, 0.25) is 5.91 Å². The highest BCUT2D eigenvalue weighted by Gasteiger charge is 2.30. The number of aromatic nitrogens is 4. The Labute approximate surface area is 198 Å². The molecule has 166 valence electrons. The minimum absolute atomic E-state index is 0.0833. The summed E-state index contributed by atoms with van der Waals surface area (Å²) in [5.74, 6) is 1.79. The van der Waals surface area contributed by atoms with Gasteiger partial charge in [-0.15, -0.1) is 21.5 Å². The zero-order chi connectivity index (χ0) is 22.9. The minimum atomic E-state index is -0.560. The zero-order valence-corrected chi connectivity index (χ0v) is 19.4. The number of anilines is 1. The molecule has 1 amide bonds. The first-order valence-corrected chi connectivity index (χ1v) is 11.4. The summed E-state index contributed by atoms with van der Waals surface area (Å²) in [6.07, 6.45) is 1.73. The maximum absolute atomic E-state index is 12.9. The van der Waals surface area contributed by atoms with Crippen LogP contribution in [0.3, 0.4) is 0 Å². The number of halogens is 1. The van der Waals surface area contributed by atoms with Crippen molar-refractivity contribution in [2.45, 2.75) is 19.4 Å². The molecule has 0 saturated heterocycles. The topological polar surface area (TPSA) is 94.3 Å². The second-order valence-electron chi connectivity index (χ2n) is 7.41. The predicted molar refractivity (Wildman–Crippen MR) is 128 cm³/mol. The Bertz CT molecular complexity index is 1350. The molecular weight excluding hydrogens is 460 g/mol. The fourth-order valence-corrected chi connectivity index (χ4v) is 4.48. The van der Waals surface area contributed by atoms with Gasteiger partial charge in [-0.1, -0.05) is 23.7 Å². The van der Waals surface area contributed by atoms with Crippen molar-refractivity contribution in [3.05, 3.63) is 81.8 Å². The summed E-state index contributed by atoms with van der Waals surface area (Å²) in [4.78, 5) is 22.0. The van der Waals surface area contributed by atoms with E-state index in [1.54, 1.807) is 13.3 Å². The first-order chi connectivity index (χ1) is 16.0. The van der Waals surface area contributed by atoms with E-state index in [0.717, 1.165) is 22.5 Å². The van der Waals surface area contributed by atoms with Gasteiger partial charge < -0.3 is 10.1 Å². The molecule has 2 aromatic heterocycles. The van der Waals surface area contributed by atoms with Crippen LogP contribution in [0.5, 0.6) is 5.75 Å². The summed E-state index contributed by atoms with van der Waals surface area (Å²) in [6.45, 7) is 1.88. The summed E-state index contributed by atoms with van der Waals surface area (Å²) in [5.41, 5.74) is 3.31. The minimum Gasteiger partial charge on any atom is -0.497 e. The van der Waals surface area contributed by atoms with E-state index in [1.165, 1.54) is 11.3 Å². The van der Waals surface area contributed by atoms with Crippen LogP contribution in [0.15, 0.2) is 59.0 Å². The van der Waals surface area contributed by atoms with Crippen molar-refractivity contribution in [2.24, 2.45) is 4.99 Å². The van der Waals surface area contributed by atoms with Gasteiger partial charge >= 0.3 is 0 Å². The molecule has 1 N–H and O–H groups in total. The van der Waals surface area contributed by atoms with Crippen LogP contribution >= 0.6 is 22.9 Å². The lowest BCUT2D eigenvalue weighted by Gasteiger charge is -2.14. The first-order valence-electron chi connectivity index (χ1n) is 10.2. The Morgan fingerprint density at radius 3 is 2.76 bits per heavy atom. The molecule has 0 fully saturated rings. The number of hydrogen-bond donors (Lipinski definition) is 1. The van der Waals surface area contributed by atoms with Gasteiger partial charge in [-0.2, -0.15) is 0 Å². The molecule has 0 spiro atoms. The van der Waals surface area contributed by atoms with Crippen molar-refractivity contribution < 1.29 is 9.53 Å². The normalized spacial score (nSPS) is 14.6. The van der Waals surface area contributed by atoms with Crippen LogP contribution in [-0.2, 0) is 4.79 Å². The van der Waals surface area contributed by atoms with Gasteiger partial charge in [0.25, 0.3) is 0 Å². The van der Waals surface area contributed by atoms with Gasteiger partial charge in [0.1, 0.15) is 17.6 Å². The van der Waals surface area contributed by atoms with E-state index in [1.807, 2.05) is 59.3 Å². The fourth-order valence-electron chi connectivity index (χ4n) is 3.81. The standard InChI is InChI=1S/C23H19ClN6O2S/c1-13-28-29-22-18(12-20(31)27-23-25-9-10-33-23)26-21(14-3-5-15(24)6-4-14)17-11-16(32-2)7-8-19(17)30(13)22/h3-11,18H,12H2,1-2H3,(H,25,27,31)/t18-/m0/s1. The van der Waals surface area contributed by atoms with E-state index in [0.29, 0.717) is 27.6 Å². The van der Waals surface area contributed by atoms with Gasteiger partial charge in [-0.3, -0.25) is 14.4 Å². The summed E-state index contributed by atoms with van der Waals surface area (Å²) in [6, 6.07) is 12.7. The highest BCUT2D eigenvalue weighted by Crippen LogP contribution is 2.34. The van der Waals surface area contributed by atoms with Gasteiger partial charge in [-0.25, -0.2) is 4.98 Å². The number of carbonyl (C=O) groups excluding carboxylic acids is 1. The van der Waals surface area contributed by atoms with Crippen LogP contribution in [0.25, 0.3) is 5.69 Å². The molecule has 8 nitrogen and oxygen atoms in total. The number of thiazole rings is 1. The van der Waals surface area contributed by atoms with E-state index in [4.69, 9.17) is 21.3 Å². The molecule has 0 bridgehead atoms. The number of nitrogens with zero attached hydrogens (tertiary/aromatic N) is 5. The molecule has 1 atom stereocenters. The summed E-state index contributed by atoms with van der Waals surface area (Å²) < 4.78 is 7.43. The van der Waals surface area contributed by atoms with Crippen LogP contribution in [0.2, 0.25) is 5.02 Å². The zero-order valence-electron chi connectivity index (χ0n) is 17.8.